The van der Waals surface area contributed by atoms with Crippen LogP contribution in [0.3, 0.4) is 0 Å². The zero-order chi connectivity index (χ0) is 22.7. The summed E-state index contributed by atoms with van der Waals surface area (Å²) in [7, 11) is -0.823. The van der Waals surface area contributed by atoms with Crippen LogP contribution in [-0.2, 0) is 17.1 Å². The Labute approximate surface area is 190 Å². The van der Waals surface area contributed by atoms with E-state index in [-0.39, 0.29) is 16.5 Å². The van der Waals surface area contributed by atoms with E-state index in [1.165, 1.54) is 37.0 Å². The van der Waals surface area contributed by atoms with Crippen LogP contribution in [0.5, 0.6) is 5.88 Å². The zero-order valence-corrected chi connectivity index (χ0v) is 18.9. The highest BCUT2D eigenvalue weighted by molar-refractivity contribution is 7.92. The summed E-state index contributed by atoms with van der Waals surface area (Å²) in [4.78, 5) is 11.0. The molecule has 0 aromatic carbocycles. The van der Waals surface area contributed by atoms with E-state index in [1.54, 1.807) is 30.3 Å². The number of pyridine rings is 2. The minimum atomic E-state index is -3.98. The number of methoxy groups -OCH3 is 1. The number of aryl methyl sites for hydroxylation is 1. The molecule has 170 valence electrons. The Morgan fingerprint density at radius 1 is 1.15 bits per heavy atom. The number of nitrogens with zero attached hydrogens (tertiary/aromatic N) is 7. The highest BCUT2D eigenvalue weighted by Crippen LogP contribution is 2.43. The van der Waals surface area contributed by atoms with E-state index in [4.69, 9.17) is 4.74 Å². The number of nitrogens with one attached hydrogen (secondary N) is 1. The molecule has 12 heteroatoms. The molecular formula is C21H22N8O3S. The number of hydrogen-bond acceptors (Lipinski definition) is 8. The maximum Gasteiger partial charge on any atom is 0.265 e. The average molecular weight is 467 g/mol. The van der Waals surface area contributed by atoms with Crippen molar-refractivity contribution in [3.8, 4) is 11.7 Å². The van der Waals surface area contributed by atoms with Gasteiger partial charge in [-0.2, -0.15) is 10.2 Å². The molecule has 2 bridgehead atoms. The van der Waals surface area contributed by atoms with Crippen molar-refractivity contribution in [3.63, 3.8) is 0 Å². The summed E-state index contributed by atoms with van der Waals surface area (Å²) in [5, 5.41) is 9.13. The molecule has 1 saturated carbocycles. The smallest absolute Gasteiger partial charge is 0.265 e. The molecule has 1 N–H and O–H groups in total. The SMILES string of the molecule is COc1ncc2cnn(C)c2c1NS(=O)(=O)c1cnn(-c2cc(N3CC4CC3C4)ccn2)c1. The van der Waals surface area contributed by atoms with Crippen LogP contribution < -0.4 is 14.4 Å². The maximum absolute atomic E-state index is 13.2. The van der Waals surface area contributed by atoms with E-state index in [2.05, 4.69) is 29.8 Å². The first-order chi connectivity index (χ1) is 15.9. The first-order valence-electron chi connectivity index (χ1n) is 10.6. The van der Waals surface area contributed by atoms with Gasteiger partial charge < -0.3 is 9.64 Å². The van der Waals surface area contributed by atoms with Gasteiger partial charge in [-0.05, 0) is 24.8 Å². The van der Waals surface area contributed by atoms with Crippen LogP contribution in [0.4, 0.5) is 11.4 Å². The van der Waals surface area contributed by atoms with Gasteiger partial charge in [0.15, 0.2) is 5.82 Å². The largest absolute Gasteiger partial charge is 0.479 e. The van der Waals surface area contributed by atoms with Crippen molar-refractivity contribution in [1.82, 2.24) is 29.5 Å². The van der Waals surface area contributed by atoms with Gasteiger partial charge in [-0.15, -0.1) is 0 Å². The van der Waals surface area contributed by atoms with Crippen molar-refractivity contribution >= 4 is 32.3 Å². The van der Waals surface area contributed by atoms with Crippen molar-refractivity contribution in [3.05, 3.63) is 43.1 Å². The highest BCUT2D eigenvalue weighted by Gasteiger charge is 2.42. The van der Waals surface area contributed by atoms with Gasteiger partial charge in [0.1, 0.15) is 10.6 Å². The molecule has 4 aromatic rings. The van der Waals surface area contributed by atoms with Crippen LogP contribution in [0.2, 0.25) is 0 Å². The fourth-order valence-corrected chi connectivity index (χ4v) is 5.71. The standard InChI is InChI=1S/C21H22N8O3S/c1-27-20-14(9-24-27)8-23-21(32-2)19(20)26-33(30,31)17-10-25-29(12-17)18-7-15(3-4-22-18)28-11-13-5-16(28)6-13/h3-4,7-10,12-13,16,26H,5-6,11H2,1-2H3. The Kier molecular flexibility index (Phi) is 4.34. The number of sulfonamides is 1. The molecule has 0 spiro atoms. The van der Waals surface area contributed by atoms with Crippen LogP contribution in [0.1, 0.15) is 12.8 Å². The molecule has 3 fully saturated rings. The number of hydrogen-bond donors (Lipinski definition) is 1. The third-order valence-electron chi connectivity index (χ3n) is 6.44. The topological polar surface area (TPSA) is 120 Å². The van der Waals surface area contributed by atoms with Crippen molar-refractivity contribution in [2.45, 2.75) is 23.8 Å². The van der Waals surface area contributed by atoms with Crippen LogP contribution in [0.15, 0.2) is 48.0 Å². The van der Waals surface area contributed by atoms with Crippen LogP contribution in [0.25, 0.3) is 16.7 Å². The fraction of sp³-hybridized carbons (Fsp3) is 0.333. The van der Waals surface area contributed by atoms with Crippen molar-refractivity contribution in [1.29, 1.82) is 0 Å². The lowest BCUT2D eigenvalue weighted by molar-refractivity contribution is 0.381. The molecule has 0 radical (unpaired) electrons. The number of anilines is 2. The molecule has 7 rings (SSSR count). The van der Waals surface area contributed by atoms with Gasteiger partial charge in [0.05, 0.1) is 31.2 Å². The van der Waals surface area contributed by atoms with Crippen molar-refractivity contribution in [2.24, 2.45) is 13.0 Å². The van der Waals surface area contributed by atoms with Gasteiger partial charge in [-0.1, -0.05) is 0 Å². The summed E-state index contributed by atoms with van der Waals surface area (Å²) >= 11 is 0. The quantitative estimate of drug-likeness (QED) is 0.458. The molecule has 3 aliphatic rings. The molecular weight excluding hydrogens is 444 g/mol. The molecule has 0 unspecified atom stereocenters. The van der Waals surface area contributed by atoms with Gasteiger partial charge >= 0.3 is 0 Å². The molecule has 2 aliphatic heterocycles. The average Bonchev–Trinajstić information content (AvgIpc) is 3.57. The van der Waals surface area contributed by atoms with Crippen molar-refractivity contribution < 1.29 is 13.2 Å². The second-order valence-corrected chi connectivity index (χ2v) is 10.1. The Morgan fingerprint density at radius 2 is 2.00 bits per heavy atom. The lowest BCUT2D eigenvalue weighted by Gasteiger charge is -2.27. The number of aromatic nitrogens is 6. The first kappa shape index (κ1) is 20.0. The van der Waals surface area contributed by atoms with E-state index in [9.17, 15) is 8.42 Å². The number of rotatable bonds is 6. The Bertz CT molecular complexity index is 1470. The summed E-state index contributed by atoms with van der Waals surface area (Å²) < 4.78 is 37.4. The molecule has 0 amide bonds. The Balaban J connectivity index is 1.32. The van der Waals surface area contributed by atoms with Gasteiger partial charge in [-0.25, -0.2) is 23.1 Å². The first-order valence-corrected chi connectivity index (χ1v) is 12.1. The fourth-order valence-electron chi connectivity index (χ4n) is 4.72. The van der Waals surface area contributed by atoms with Crippen LogP contribution in [0, 0.1) is 5.92 Å². The third-order valence-corrected chi connectivity index (χ3v) is 7.74. The minimum absolute atomic E-state index is 0.000595. The zero-order valence-electron chi connectivity index (χ0n) is 18.1. The predicted molar refractivity (Wildman–Crippen MR) is 121 cm³/mol. The normalized spacial score (nSPS) is 19.6. The lowest BCUT2D eigenvalue weighted by Crippen LogP contribution is -2.28. The van der Waals surface area contributed by atoms with E-state index in [1.807, 2.05) is 12.1 Å². The minimum Gasteiger partial charge on any atom is -0.479 e. The molecule has 2 saturated heterocycles. The number of ether oxygens (including phenoxy) is 1. The van der Waals surface area contributed by atoms with E-state index in [0.717, 1.165) is 18.2 Å². The van der Waals surface area contributed by atoms with E-state index >= 15 is 0 Å². The second-order valence-electron chi connectivity index (χ2n) is 8.46. The van der Waals surface area contributed by atoms with Gasteiger partial charge in [0.25, 0.3) is 10.0 Å². The molecule has 0 atom stereocenters. The molecule has 6 heterocycles. The highest BCUT2D eigenvalue weighted by atomic mass is 32.2. The van der Waals surface area contributed by atoms with Gasteiger partial charge in [0.2, 0.25) is 5.88 Å². The molecule has 11 nitrogen and oxygen atoms in total. The van der Waals surface area contributed by atoms with E-state index < -0.39 is 10.0 Å². The Hall–Kier alpha value is -3.67. The predicted octanol–water partition coefficient (Wildman–Crippen LogP) is 1.96. The monoisotopic (exact) mass is 466 g/mol. The molecule has 33 heavy (non-hydrogen) atoms. The third kappa shape index (κ3) is 3.20. The molecule has 1 aliphatic carbocycles. The molecule has 4 aromatic heterocycles. The summed E-state index contributed by atoms with van der Waals surface area (Å²) in [5.74, 6) is 1.50. The van der Waals surface area contributed by atoms with Crippen LogP contribution in [-0.4, -0.2) is 57.6 Å². The second kappa shape index (κ2) is 7.17. The summed E-state index contributed by atoms with van der Waals surface area (Å²) in [5.41, 5.74) is 1.87. The Morgan fingerprint density at radius 3 is 2.76 bits per heavy atom. The summed E-state index contributed by atoms with van der Waals surface area (Å²) in [6.07, 6.45) is 10.2. The van der Waals surface area contributed by atoms with Crippen LogP contribution >= 0.6 is 0 Å². The van der Waals surface area contributed by atoms with Gasteiger partial charge in [0, 0.05) is 49.2 Å². The summed E-state index contributed by atoms with van der Waals surface area (Å²) in [6, 6.07) is 4.53. The van der Waals surface area contributed by atoms with Gasteiger partial charge in [-0.3, -0.25) is 9.40 Å². The van der Waals surface area contributed by atoms with E-state index in [0.29, 0.717) is 22.8 Å². The maximum atomic E-state index is 13.2. The summed E-state index contributed by atoms with van der Waals surface area (Å²) in [6.45, 7) is 1.06. The number of fused-ring (bicyclic) bond motifs is 2. The van der Waals surface area contributed by atoms with Crippen molar-refractivity contribution in [2.75, 3.05) is 23.3 Å². The lowest BCUT2D eigenvalue weighted by atomic mass is 9.86.